The van der Waals surface area contributed by atoms with E-state index in [-0.39, 0.29) is 29.3 Å². The average molecular weight is 553 g/mol. The fraction of sp³-hybridized carbons (Fsp3) is 0.424. The number of hydrogen-bond acceptors (Lipinski definition) is 7. The second kappa shape index (κ2) is 8.63. The fourth-order valence-electron chi connectivity index (χ4n) is 8.56. The van der Waals surface area contributed by atoms with Gasteiger partial charge in [0.1, 0.15) is 6.10 Å². The SMILES string of the molecule is O=Cc1cc2ccc(C(=O)N[C@@H]3CC[C@@]4(O)[C@H]5Cc6ccc(O)c7c6[C@@]4(CCN5CC4CC4)[C@H]3O7)cc2cc1C=O. The molecule has 1 saturated heterocycles. The zero-order valence-electron chi connectivity index (χ0n) is 22.6. The number of carbonyl (C=O) groups is 3. The lowest BCUT2D eigenvalue weighted by Crippen LogP contribution is -2.78. The lowest BCUT2D eigenvalue weighted by Gasteiger charge is -2.64. The highest BCUT2D eigenvalue weighted by Crippen LogP contribution is 2.65. The maximum Gasteiger partial charge on any atom is 0.251 e. The van der Waals surface area contributed by atoms with E-state index in [1.54, 1.807) is 36.4 Å². The highest BCUT2D eigenvalue weighted by molar-refractivity contribution is 6.02. The number of fused-ring (bicyclic) bond motifs is 1. The van der Waals surface area contributed by atoms with Gasteiger partial charge in [0, 0.05) is 34.8 Å². The van der Waals surface area contributed by atoms with Crippen LogP contribution in [0.2, 0.25) is 0 Å². The Morgan fingerprint density at radius 3 is 2.56 bits per heavy atom. The van der Waals surface area contributed by atoms with Crippen LogP contribution in [0.3, 0.4) is 0 Å². The molecule has 3 aliphatic carbocycles. The molecule has 1 amide bonds. The van der Waals surface area contributed by atoms with Gasteiger partial charge in [-0.05, 0) is 97.7 Å². The third kappa shape index (κ3) is 3.37. The molecular formula is C33H32N2O6. The largest absolute Gasteiger partial charge is 0.504 e. The number of hydrogen-bond donors (Lipinski definition) is 3. The molecule has 0 aromatic heterocycles. The number of aldehydes is 2. The highest BCUT2D eigenvalue weighted by Gasteiger charge is 2.73. The first-order valence-corrected chi connectivity index (χ1v) is 14.6. The van der Waals surface area contributed by atoms with E-state index < -0.39 is 17.1 Å². The molecule has 3 aromatic carbocycles. The van der Waals surface area contributed by atoms with Gasteiger partial charge in [-0.3, -0.25) is 19.3 Å². The summed E-state index contributed by atoms with van der Waals surface area (Å²) in [6, 6.07) is 11.8. The monoisotopic (exact) mass is 552 g/mol. The number of ether oxygens (including phenoxy) is 1. The molecule has 3 N–H and O–H groups in total. The van der Waals surface area contributed by atoms with Crippen LogP contribution >= 0.6 is 0 Å². The van der Waals surface area contributed by atoms with Crippen LogP contribution in [0.1, 0.15) is 74.3 Å². The number of benzene rings is 3. The van der Waals surface area contributed by atoms with Crippen molar-refractivity contribution in [1.29, 1.82) is 0 Å². The van der Waals surface area contributed by atoms with Gasteiger partial charge in [-0.15, -0.1) is 0 Å². The molecule has 1 spiro atoms. The van der Waals surface area contributed by atoms with Crippen molar-refractivity contribution in [3.63, 3.8) is 0 Å². The Kier molecular flexibility index (Phi) is 5.26. The molecule has 41 heavy (non-hydrogen) atoms. The van der Waals surface area contributed by atoms with E-state index in [0.717, 1.165) is 36.0 Å². The standard InChI is InChI=1S/C33H32N2O6/c36-16-23-11-19-3-4-21(12-22(19)13-24(23)17-37)31(39)34-25-7-8-33(40)27-14-20-5-6-26(38)29-28(20)32(33,30(25)41-29)9-10-35(27)15-18-1-2-18/h3-6,11-13,16-18,25,27,30,38,40H,1-2,7-10,14-15H2,(H,34,39)/t25-,27-,30+,32+,33-/m1/s1. The summed E-state index contributed by atoms with van der Waals surface area (Å²) in [4.78, 5) is 39.0. The molecule has 8 heteroatoms. The molecule has 5 aliphatic rings. The van der Waals surface area contributed by atoms with Gasteiger partial charge in [0.05, 0.1) is 17.1 Å². The van der Waals surface area contributed by atoms with Crippen molar-refractivity contribution >= 4 is 29.3 Å². The number of phenols is 1. The third-order valence-electron chi connectivity index (χ3n) is 10.6. The van der Waals surface area contributed by atoms with Crippen molar-refractivity contribution in [3.05, 3.63) is 70.3 Å². The molecule has 8 rings (SSSR count). The Labute approximate surface area is 237 Å². The highest BCUT2D eigenvalue weighted by atomic mass is 16.5. The molecule has 2 heterocycles. The quantitative estimate of drug-likeness (QED) is 0.401. The van der Waals surface area contributed by atoms with Crippen molar-refractivity contribution in [2.45, 2.75) is 67.7 Å². The number of carbonyl (C=O) groups excluding carboxylic acids is 3. The Bertz CT molecular complexity index is 1650. The Balaban J connectivity index is 1.15. The Morgan fingerprint density at radius 2 is 1.80 bits per heavy atom. The van der Waals surface area contributed by atoms with Crippen molar-refractivity contribution in [2.75, 3.05) is 13.1 Å². The molecule has 2 aliphatic heterocycles. The van der Waals surface area contributed by atoms with Gasteiger partial charge in [-0.1, -0.05) is 12.1 Å². The normalized spacial score (nSPS) is 31.3. The second-order valence-electron chi connectivity index (χ2n) is 12.7. The van der Waals surface area contributed by atoms with Crippen molar-refractivity contribution in [1.82, 2.24) is 10.2 Å². The molecule has 210 valence electrons. The number of phenolic OH excluding ortho intramolecular Hbond substituents is 1. The molecule has 3 fully saturated rings. The molecular weight excluding hydrogens is 520 g/mol. The maximum absolute atomic E-state index is 13.6. The van der Waals surface area contributed by atoms with E-state index in [2.05, 4.69) is 10.2 Å². The van der Waals surface area contributed by atoms with Crippen LogP contribution < -0.4 is 10.1 Å². The van der Waals surface area contributed by atoms with E-state index in [1.807, 2.05) is 6.07 Å². The first kappa shape index (κ1) is 25.0. The summed E-state index contributed by atoms with van der Waals surface area (Å²) in [6.07, 6.45) is 5.83. The summed E-state index contributed by atoms with van der Waals surface area (Å²) < 4.78 is 6.56. The Hall–Kier alpha value is -3.75. The first-order valence-electron chi connectivity index (χ1n) is 14.6. The lowest BCUT2D eigenvalue weighted by atomic mass is 9.48. The minimum atomic E-state index is -1.01. The van der Waals surface area contributed by atoms with Crippen molar-refractivity contribution in [2.24, 2.45) is 5.92 Å². The van der Waals surface area contributed by atoms with Gasteiger partial charge in [0.25, 0.3) is 5.91 Å². The topological polar surface area (TPSA) is 116 Å². The molecule has 3 aromatic rings. The van der Waals surface area contributed by atoms with Gasteiger partial charge >= 0.3 is 0 Å². The molecule has 2 saturated carbocycles. The van der Waals surface area contributed by atoms with E-state index in [1.165, 1.54) is 12.8 Å². The summed E-state index contributed by atoms with van der Waals surface area (Å²) >= 11 is 0. The van der Waals surface area contributed by atoms with E-state index in [4.69, 9.17) is 4.74 Å². The summed E-state index contributed by atoms with van der Waals surface area (Å²) in [7, 11) is 0. The molecule has 2 bridgehead atoms. The second-order valence-corrected chi connectivity index (χ2v) is 12.7. The van der Waals surface area contributed by atoms with Crippen LogP contribution in [-0.2, 0) is 11.8 Å². The van der Waals surface area contributed by atoms with Crippen LogP contribution in [0.4, 0.5) is 0 Å². The number of amides is 1. The summed E-state index contributed by atoms with van der Waals surface area (Å²) in [5.41, 5.74) is 1.37. The third-order valence-corrected chi connectivity index (χ3v) is 10.6. The van der Waals surface area contributed by atoms with Crippen molar-refractivity contribution < 1.29 is 29.3 Å². The number of nitrogens with one attached hydrogen (secondary N) is 1. The van der Waals surface area contributed by atoms with Crippen LogP contribution in [0.5, 0.6) is 11.5 Å². The van der Waals surface area contributed by atoms with Crippen LogP contribution in [0, 0.1) is 5.92 Å². The van der Waals surface area contributed by atoms with E-state index in [0.29, 0.717) is 60.0 Å². The molecule has 0 unspecified atom stereocenters. The minimum Gasteiger partial charge on any atom is -0.504 e. The average Bonchev–Trinajstić information content (AvgIpc) is 3.72. The zero-order chi connectivity index (χ0) is 28.1. The summed E-state index contributed by atoms with van der Waals surface area (Å²) in [5, 5.41) is 28.1. The predicted molar refractivity (Wildman–Crippen MR) is 151 cm³/mol. The smallest absolute Gasteiger partial charge is 0.251 e. The van der Waals surface area contributed by atoms with Gasteiger partial charge in [0.2, 0.25) is 0 Å². The summed E-state index contributed by atoms with van der Waals surface area (Å²) in [6.45, 7) is 1.86. The number of aromatic hydroxyl groups is 1. The number of rotatable bonds is 6. The number of nitrogens with zero attached hydrogens (tertiary/aromatic N) is 1. The molecule has 0 radical (unpaired) electrons. The van der Waals surface area contributed by atoms with E-state index >= 15 is 0 Å². The van der Waals surface area contributed by atoms with Gasteiger partial charge in [0.15, 0.2) is 24.1 Å². The zero-order valence-corrected chi connectivity index (χ0v) is 22.6. The number of aliphatic hydroxyl groups is 1. The van der Waals surface area contributed by atoms with Crippen molar-refractivity contribution in [3.8, 4) is 11.5 Å². The number of likely N-dealkylation sites (tertiary alicyclic amines) is 1. The van der Waals surface area contributed by atoms with Gasteiger partial charge in [-0.2, -0.15) is 0 Å². The number of piperidine rings is 1. The lowest BCUT2D eigenvalue weighted by molar-refractivity contribution is -0.191. The molecule has 8 nitrogen and oxygen atoms in total. The van der Waals surface area contributed by atoms with Crippen LogP contribution in [-0.4, -0.2) is 70.5 Å². The minimum absolute atomic E-state index is 0.0219. The fourth-order valence-corrected chi connectivity index (χ4v) is 8.56. The Morgan fingerprint density at radius 1 is 1.02 bits per heavy atom. The van der Waals surface area contributed by atoms with Gasteiger partial charge in [-0.25, -0.2) is 0 Å². The van der Waals surface area contributed by atoms with E-state index in [9.17, 15) is 24.6 Å². The van der Waals surface area contributed by atoms with Crippen LogP contribution in [0.25, 0.3) is 10.8 Å². The first-order chi connectivity index (χ1) is 19.9. The summed E-state index contributed by atoms with van der Waals surface area (Å²) in [5.74, 6) is 0.979. The maximum atomic E-state index is 13.6. The van der Waals surface area contributed by atoms with Crippen LogP contribution in [0.15, 0.2) is 42.5 Å². The predicted octanol–water partition coefficient (Wildman–Crippen LogP) is 3.53. The molecule has 5 atom stereocenters. The van der Waals surface area contributed by atoms with Gasteiger partial charge < -0.3 is 20.3 Å².